The highest BCUT2D eigenvalue weighted by Crippen LogP contribution is 2.05. The first-order valence-corrected chi connectivity index (χ1v) is 8.66. The topological polar surface area (TPSA) is 92.8 Å². The number of nitrogens with zero attached hydrogens (tertiary/aromatic N) is 1. The molecule has 0 amide bonds. The van der Waals surface area contributed by atoms with Crippen LogP contribution in [0, 0.1) is 0 Å². The Hall–Kier alpha value is -0.220. The highest BCUT2D eigenvalue weighted by Gasteiger charge is 2.24. The van der Waals surface area contributed by atoms with Crippen LogP contribution in [0.3, 0.4) is 0 Å². The third-order valence-electron chi connectivity index (χ3n) is 2.43. The molecule has 0 aliphatic carbocycles. The van der Waals surface area contributed by atoms with Crippen molar-refractivity contribution in [3.05, 3.63) is 0 Å². The lowest BCUT2D eigenvalue weighted by Gasteiger charge is -2.25. The lowest BCUT2D eigenvalue weighted by atomic mass is 10.5. The zero-order valence-corrected chi connectivity index (χ0v) is 11.4. The van der Waals surface area contributed by atoms with E-state index >= 15 is 0 Å². The predicted molar refractivity (Wildman–Crippen MR) is 63.6 cm³/mol. The van der Waals surface area contributed by atoms with Crippen molar-refractivity contribution in [3.8, 4) is 0 Å². The van der Waals surface area contributed by atoms with Crippen LogP contribution in [-0.4, -0.2) is 65.5 Å². The quantitative estimate of drug-likeness (QED) is 0.647. The van der Waals surface area contributed by atoms with Crippen LogP contribution in [-0.2, 0) is 24.8 Å². The van der Waals surface area contributed by atoms with E-state index in [9.17, 15) is 16.8 Å². The van der Waals surface area contributed by atoms with Crippen molar-refractivity contribution in [1.82, 2.24) is 9.03 Å². The van der Waals surface area contributed by atoms with Crippen LogP contribution in [0.1, 0.15) is 6.92 Å². The number of ether oxygens (including phenoxy) is 1. The van der Waals surface area contributed by atoms with E-state index in [1.165, 1.54) is 11.2 Å². The van der Waals surface area contributed by atoms with Crippen molar-refractivity contribution < 1.29 is 21.6 Å². The molecule has 0 unspecified atom stereocenters. The summed E-state index contributed by atoms with van der Waals surface area (Å²) < 4.78 is 54.5. The molecule has 7 nitrogen and oxygen atoms in total. The summed E-state index contributed by atoms with van der Waals surface area (Å²) in [6.45, 7) is 2.86. The van der Waals surface area contributed by atoms with Gasteiger partial charge in [0.15, 0.2) is 0 Å². The summed E-state index contributed by atoms with van der Waals surface area (Å²) >= 11 is 0. The average Bonchev–Trinajstić information content (AvgIpc) is 2.30. The average molecular weight is 286 g/mol. The Balaban J connectivity index is 2.44. The SMILES string of the molecule is CCS(=O)(=O)NCCS(=O)(=O)N1CCOCC1. The molecule has 0 aromatic carbocycles. The van der Waals surface area contributed by atoms with Gasteiger partial charge in [0, 0.05) is 19.6 Å². The molecule has 17 heavy (non-hydrogen) atoms. The van der Waals surface area contributed by atoms with Gasteiger partial charge in [0.1, 0.15) is 0 Å². The first-order chi connectivity index (χ1) is 7.87. The number of hydrogen-bond donors (Lipinski definition) is 1. The molecule has 9 heteroatoms. The molecule has 1 saturated heterocycles. The van der Waals surface area contributed by atoms with E-state index in [0.29, 0.717) is 26.3 Å². The molecule has 1 N–H and O–H groups in total. The van der Waals surface area contributed by atoms with E-state index in [-0.39, 0.29) is 18.1 Å². The second-order valence-corrected chi connectivity index (χ2v) is 7.81. The third kappa shape index (κ3) is 4.88. The molecule has 1 fully saturated rings. The summed E-state index contributed by atoms with van der Waals surface area (Å²) in [6, 6.07) is 0. The summed E-state index contributed by atoms with van der Waals surface area (Å²) in [5.74, 6) is -0.267. The van der Waals surface area contributed by atoms with Crippen molar-refractivity contribution in [2.45, 2.75) is 6.92 Å². The van der Waals surface area contributed by atoms with E-state index < -0.39 is 20.0 Å². The van der Waals surface area contributed by atoms with Gasteiger partial charge in [-0.15, -0.1) is 0 Å². The van der Waals surface area contributed by atoms with Gasteiger partial charge >= 0.3 is 0 Å². The summed E-state index contributed by atoms with van der Waals surface area (Å²) in [7, 11) is -6.72. The maximum absolute atomic E-state index is 11.8. The van der Waals surface area contributed by atoms with Crippen molar-refractivity contribution in [2.24, 2.45) is 0 Å². The number of sulfonamides is 2. The summed E-state index contributed by atoms with van der Waals surface area (Å²) in [6.07, 6.45) is 0. The van der Waals surface area contributed by atoms with Crippen LogP contribution >= 0.6 is 0 Å². The second-order valence-electron chi connectivity index (χ2n) is 3.63. The van der Waals surface area contributed by atoms with Gasteiger partial charge in [0.05, 0.1) is 24.7 Å². The molecule has 1 aliphatic heterocycles. The lowest BCUT2D eigenvalue weighted by molar-refractivity contribution is 0.0730. The molecule has 0 atom stereocenters. The maximum atomic E-state index is 11.8. The zero-order valence-electron chi connectivity index (χ0n) is 9.75. The van der Waals surface area contributed by atoms with Crippen LogP contribution < -0.4 is 4.72 Å². The van der Waals surface area contributed by atoms with Crippen LogP contribution in [0.4, 0.5) is 0 Å². The first-order valence-electron chi connectivity index (χ1n) is 5.40. The standard InChI is InChI=1S/C8H18N2O5S2/c1-2-16(11,12)9-3-8-17(13,14)10-4-6-15-7-5-10/h9H,2-8H2,1H3. The normalized spacial score (nSPS) is 19.4. The van der Waals surface area contributed by atoms with Crippen molar-refractivity contribution in [2.75, 3.05) is 44.4 Å². The minimum atomic E-state index is -3.39. The Kier molecular flexibility index (Phi) is 5.32. The molecule has 0 aromatic heterocycles. The van der Waals surface area contributed by atoms with Gasteiger partial charge in [-0.3, -0.25) is 0 Å². The van der Waals surface area contributed by atoms with Gasteiger partial charge < -0.3 is 4.74 Å². The monoisotopic (exact) mass is 286 g/mol. The number of morpholine rings is 1. The molecular formula is C8H18N2O5S2. The fourth-order valence-electron chi connectivity index (χ4n) is 1.38. The van der Waals surface area contributed by atoms with Crippen molar-refractivity contribution in [1.29, 1.82) is 0 Å². The molecule has 0 bridgehead atoms. The lowest BCUT2D eigenvalue weighted by Crippen LogP contribution is -2.43. The largest absolute Gasteiger partial charge is 0.379 e. The Labute approximate surface area is 102 Å². The first kappa shape index (κ1) is 14.8. The van der Waals surface area contributed by atoms with Crippen LogP contribution in [0.2, 0.25) is 0 Å². The molecule has 0 spiro atoms. The van der Waals surface area contributed by atoms with Crippen LogP contribution in [0.25, 0.3) is 0 Å². The second kappa shape index (κ2) is 6.10. The minimum absolute atomic E-state index is 0.0510. The van der Waals surface area contributed by atoms with Gasteiger partial charge in [-0.1, -0.05) is 0 Å². The van der Waals surface area contributed by atoms with E-state index in [4.69, 9.17) is 4.74 Å². The van der Waals surface area contributed by atoms with E-state index in [0.717, 1.165) is 0 Å². The molecular weight excluding hydrogens is 268 g/mol. The van der Waals surface area contributed by atoms with Gasteiger partial charge in [0.2, 0.25) is 20.0 Å². The van der Waals surface area contributed by atoms with E-state index in [1.807, 2.05) is 0 Å². The highest BCUT2D eigenvalue weighted by atomic mass is 32.2. The summed E-state index contributed by atoms with van der Waals surface area (Å²) in [5.41, 5.74) is 0. The van der Waals surface area contributed by atoms with Crippen molar-refractivity contribution in [3.63, 3.8) is 0 Å². The fraction of sp³-hybridized carbons (Fsp3) is 1.00. The molecule has 1 rings (SSSR count). The fourth-order valence-corrected chi connectivity index (χ4v) is 3.45. The predicted octanol–water partition coefficient (Wildman–Crippen LogP) is -1.41. The smallest absolute Gasteiger partial charge is 0.215 e. The number of rotatable bonds is 6. The maximum Gasteiger partial charge on any atom is 0.215 e. The Morgan fingerprint density at radius 3 is 2.29 bits per heavy atom. The molecule has 0 radical (unpaired) electrons. The Morgan fingerprint density at radius 1 is 1.18 bits per heavy atom. The van der Waals surface area contributed by atoms with E-state index in [1.54, 1.807) is 0 Å². The van der Waals surface area contributed by atoms with Crippen LogP contribution in [0.15, 0.2) is 0 Å². The van der Waals surface area contributed by atoms with Gasteiger partial charge in [-0.25, -0.2) is 21.6 Å². The number of hydrogen-bond acceptors (Lipinski definition) is 5. The number of nitrogens with one attached hydrogen (secondary N) is 1. The minimum Gasteiger partial charge on any atom is -0.379 e. The zero-order chi connectivity index (χ0) is 12.9. The van der Waals surface area contributed by atoms with Gasteiger partial charge in [-0.05, 0) is 6.92 Å². The van der Waals surface area contributed by atoms with Gasteiger partial charge in [0.25, 0.3) is 0 Å². The molecule has 1 heterocycles. The van der Waals surface area contributed by atoms with E-state index in [2.05, 4.69) is 4.72 Å². The molecule has 0 saturated carbocycles. The summed E-state index contributed by atoms with van der Waals surface area (Å²) in [4.78, 5) is 0. The Bertz CT molecular complexity index is 425. The molecule has 0 aromatic rings. The molecule has 1 aliphatic rings. The highest BCUT2D eigenvalue weighted by molar-refractivity contribution is 7.90. The van der Waals surface area contributed by atoms with Crippen molar-refractivity contribution >= 4 is 20.0 Å². The summed E-state index contributed by atoms with van der Waals surface area (Å²) in [5, 5.41) is 0. The van der Waals surface area contributed by atoms with Gasteiger partial charge in [-0.2, -0.15) is 4.31 Å². The molecule has 102 valence electrons. The Morgan fingerprint density at radius 2 is 1.76 bits per heavy atom. The van der Waals surface area contributed by atoms with Crippen LogP contribution in [0.5, 0.6) is 0 Å². The third-order valence-corrected chi connectivity index (χ3v) is 5.70.